The van der Waals surface area contributed by atoms with E-state index in [2.05, 4.69) is 0 Å². The molecule has 0 amide bonds. The minimum Gasteiger partial charge on any atom is -0.493 e. The van der Waals surface area contributed by atoms with Crippen LogP contribution in [0.3, 0.4) is 0 Å². The van der Waals surface area contributed by atoms with Crippen molar-refractivity contribution < 1.29 is 28.4 Å². The van der Waals surface area contributed by atoms with E-state index in [1.807, 2.05) is 50.3 Å². The quantitative estimate of drug-likeness (QED) is 0.570. The van der Waals surface area contributed by atoms with Crippen LogP contribution in [-0.4, -0.2) is 41.7 Å². The molecule has 0 heterocycles. The lowest BCUT2D eigenvalue weighted by molar-refractivity contribution is 0.201. The smallest absolute Gasteiger partial charge is 0.203 e. The molecule has 2 aromatic carbocycles. The molecule has 0 saturated heterocycles. The molecule has 1 unspecified atom stereocenters. The summed E-state index contributed by atoms with van der Waals surface area (Å²) in [5, 5.41) is 0. The molecule has 0 spiro atoms. The Labute approximate surface area is 172 Å². The third-order valence-electron chi connectivity index (χ3n) is 4.41. The molecule has 0 bridgehead atoms. The predicted octanol–water partition coefficient (Wildman–Crippen LogP) is 4.77. The standard InChI is InChI=1S/C23H30O6/c1-8-9-16-11-20(26-5)23(21(12-16)27-6)29-15(2)10-17-13-18(24-3)22(28-7)19(14-17)25-4/h8-9,11-15H,10H2,1-7H3. The minimum absolute atomic E-state index is 0.159. The molecule has 0 fully saturated rings. The number of allylic oxidation sites excluding steroid dienone is 1. The number of hydrogen-bond donors (Lipinski definition) is 0. The second kappa shape index (κ2) is 10.5. The molecule has 0 N–H and O–H groups in total. The van der Waals surface area contributed by atoms with Crippen molar-refractivity contribution in [3.63, 3.8) is 0 Å². The monoisotopic (exact) mass is 402 g/mol. The fourth-order valence-electron chi connectivity index (χ4n) is 3.13. The van der Waals surface area contributed by atoms with Gasteiger partial charge in [-0.3, -0.25) is 0 Å². The first kappa shape index (κ1) is 22.3. The van der Waals surface area contributed by atoms with Gasteiger partial charge in [-0.25, -0.2) is 0 Å². The van der Waals surface area contributed by atoms with E-state index < -0.39 is 0 Å². The molecule has 0 saturated carbocycles. The van der Waals surface area contributed by atoms with Crippen molar-refractivity contribution in [3.05, 3.63) is 41.5 Å². The fourth-order valence-corrected chi connectivity index (χ4v) is 3.13. The van der Waals surface area contributed by atoms with E-state index in [-0.39, 0.29) is 6.10 Å². The molecular weight excluding hydrogens is 372 g/mol. The Balaban J connectivity index is 2.30. The Hall–Kier alpha value is -3.02. The van der Waals surface area contributed by atoms with Crippen molar-refractivity contribution in [1.82, 2.24) is 0 Å². The molecular formula is C23H30O6. The van der Waals surface area contributed by atoms with E-state index >= 15 is 0 Å². The Kier molecular flexibility index (Phi) is 8.07. The van der Waals surface area contributed by atoms with Crippen LogP contribution in [0.1, 0.15) is 25.0 Å². The van der Waals surface area contributed by atoms with Crippen LogP contribution in [0.4, 0.5) is 0 Å². The highest BCUT2D eigenvalue weighted by molar-refractivity contribution is 5.62. The van der Waals surface area contributed by atoms with Gasteiger partial charge in [0.2, 0.25) is 11.5 Å². The van der Waals surface area contributed by atoms with E-state index in [9.17, 15) is 0 Å². The van der Waals surface area contributed by atoms with E-state index in [0.29, 0.717) is 40.9 Å². The molecule has 6 nitrogen and oxygen atoms in total. The summed E-state index contributed by atoms with van der Waals surface area (Å²) in [7, 11) is 8.02. The average Bonchev–Trinajstić information content (AvgIpc) is 2.73. The van der Waals surface area contributed by atoms with Gasteiger partial charge in [0.05, 0.1) is 35.5 Å². The molecule has 29 heavy (non-hydrogen) atoms. The summed E-state index contributed by atoms with van der Waals surface area (Å²) in [6, 6.07) is 7.68. The van der Waals surface area contributed by atoms with Crippen LogP contribution in [0.5, 0.6) is 34.5 Å². The third-order valence-corrected chi connectivity index (χ3v) is 4.41. The summed E-state index contributed by atoms with van der Waals surface area (Å²) in [6.45, 7) is 3.95. The summed E-state index contributed by atoms with van der Waals surface area (Å²) < 4.78 is 33.5. The van der Waals surface area contributed by atoms with Crippen LogP contribution in [0, 0.1) is 0 Å². The Bertz CT molecular complexity index is 793. The van der Waals surface area contributed by atoms with Crippen molar-refractivity contribution in [2.75, 3.05) is 35.5 Å². The third kappa shape index (κ3) is 5.28. The molecule has 1 atom stereocenters. The summed E-state index contributed by atoms with van der Waals surface area (Å²) >= 11 is 0. The second-order valence-corrected chi connectivity index (χ2v) is 6.42. The largest absolute Gasteiger partial charge is 0.493 e. The number of hydrogen-bond acceptors (Lipinski definition) is 6. The maximum Gasteiger partial charge on any atom is 0.203 e. The molecule has 158 valence electrons. The SMILES string of the molecule is CC=Cc1cc(OC)c(OC(C)Cc2cc(OC)c(OC)c(OC)c2)c(OC)c1. The van der Waals surface area contributed by atoms with Crippen LogP contribution in [0.25, 0.3) is 6.08 Å². The van der Waals surface area contributed by atoms with Gasteiger partial charge in [-0.15, -0.1) is 0 Å². The minimum atomic E-state index is -0.159. The zero-order chi connectivity index (χ0) is 21.4. The van der Waals surface area contributed by atoms with Gasteiger partial charge in [0.1, 0.15) is 6.10 Å². The van der Waals surface area contributed by atoms with Gasteiger partial charge in [-0.05, 0) is 49.2 Å². The highest BCUT2D eigenvalue weighted by Crippen LogP contribution is 2.41. The summed E-state index contributed by atoms with van der Waals surface area (Å²) in [4.78, 5) is 0. The van der Waals surface area contributed by atoms with Gasteiger partial charge in [0.15, 0.2) is 23.0 Å². The topological polar surface area (TPSA) is 55.4 Å². The zero-order valence-corrected chi connectivity index (χ0v) is 18.2. The van der Waals surface area contributed by atoms with Gasteiger partial charge in [0, 0.05) is 6.42 Å². The number of methoxy groups -OCH3 is 5. The summed E-state index contributed by atoms with van der Waals surface area (Å²) in [6.07, 6.45) is 4.41. The zero-order valence-electron chi connectivity index (χ0n) is 18.2. The maximum atomic E-state index is 6.21. The first-order valence-corrected chi connectivity index (χ1v) is 9.35. The Morgan fingerprint density at radius 2 is 1.21 bits per heavy atom. The fraction of sp³-hybridized carbons (Fsp3) is 0.391. The van der Waals surface area contributed by atoms with Crippen LogP contribution in [0.2, 0.25) is 0 Å². The van der Waals surface area contributed by atoms with Crippen molar-refractivity contribution in [2.24, 2.45) is 0 Å². The molecule has 6 heteroatoms. The lowest BCUT2D eigenvalue weighted by Gasteiger charge is -2.21. The van der Waals surface area contributed by atoms with Crippen LogP contribution in [-0.2, 0) is 6.42 Å². The molecule has 0 aromatic heterocycles. The average molecular weight is 402 g/mol. The van der Waals surface area contributed by atoms with Crippen LogP contribution >= 0.6 is 0 Å². The normalized spacial score (nSPS) is 11.8. The molecule has 0 aliphatic rings. The lowest BCUT2D eigenvalue weighted by atomic mass is 10.1. The number of ether oxygens (including phenoxy) is 6. The molecule has 2 rings (SSSR count). The van der Waals surface area contributed by atoms with Crippen molar-refractivity contribution in [1.29, 1.82) is 0 Å². The Morgan fingerprint density at radius 3 is 1.62 bits per heavy atom. The second-order valence-electron chi connectivity index (χ2n) is 6.42. The van der Waals surface area contributed by atoms with E-state index in [4.69, 9.17) is 28.4 Å². The molecule has 0 radical (unpaired) electrons. The first-order chi connectivity index (χ1) is 14.0. The number of rotatable bonds is 10. The summed E-state index contributed by atoms with van der Waals surface area (Å²) in [5.74, 6) is 3.60. The Morgan fingerprint density at radius 1 is 0.724 bits per heavy atom. The van der Waals surface area contributed by atoms with Crippen LogP contribution in [0.15, 0.2) is 30.3 Å². The molecule has 0 aliphatic heterocycles. The number of benzene rings is 2. The highest BCUT2D eigenvalue weighted by Gasteiger charge is 2.19. The van der Waals surface area contributed by atoms with Crippen molar-refractivity contribution in [3.8, 4) is 34.5 Å². The molecule has 2 aromatic rings. The highest BCUT2D eigenvalue weighted by atomic mass is 16.5. The van der Waals surface area contributed by atoms with Crippen molar-refractivity contribution >= 4 is 6.08 Å². The van der Waals surface area contributed by atoms with E-state index in [0.717, 1.165) is 11.1 Å². The van der Waals surface area contributed by atoms with Crippen molar-refractivity contribution in [2.45, 2.75) is 26.4 Å². The predicted molar refractivity (Wildman–Crippen MR) is 114 cm³/mol. The molecule has 0 aliphatic carbocycles. The van der Waals surface area contributed by atoms with Gasteiger partial charge in [-0.1, -0.05) is 12.2 Å². The van der Waals surface area contributed by atoms with Gasteiger partial charge in [0.25, 0.3) is 0 Å². The lowest BCUT2D eigenvalue weighted by Crippen LogP contribution is -2.16. The summed E-state index contributed by atoms with van der Waals surface area (Å²) in [5.41, 5.74) is 1.97. The van der Waals surface area contributed by atoms with E-state index in [1.165, 1.54) is 0 Å². The van der Waals surface area contributed by atoms with E-state index in [1.54, 1.807) is 35.5 Å². The van der Waals surface area contributed by atoms with Gasteiger partial charge >= 0.3 is 0 Å². The van der Waals surface area contributed by atoms with Gasteiger partial charge < -0.3 is 28.4 Å². The first-order valence-electron chi connectivity index (χ1n) is 9.35. The van der Waals surface area contributed by atoms with Gasteiger partial charge in [-0.2, -0.15) is 0 Å². The maximum absolute atomic E-state index is 6.21. The van der Waals surface area contributed by atoms with Crippen LogP contribution < -0.4 is 28.4 Å².